The Bertz CT molecular complexity index is 867. The molecule has 1 unspecified atom stereocenters. The molecule has 0 heterocycles. The molecule has 0 bridgehead atoms. The van der Waals surface area contributed by atoms with Crippen molar-refractivity contribution in [3.63, 3.8) is 0 Å². The van der Waals surface area contributed by atoms with Gasteiger partial charge in [0.15, 0.2) is 0 Å². The van der Waals surface area contributed by atoms with Crippen molar-refractivity contribution >= 4 is 30.1 Å². The summed E-state index contributed by atoms with van der Waals surface area (Å²) in [5.41, 5.74) is 1.96. The van der Waals surface area contributed by atoms with E-state index in [1.54, 1.807) is 6.07 Å². The van der Waals surface area contributed by atoms with Crippen LogP contribution in [-0.4, -0.2) is 23.6 Å². The molecule has 0 aromatic heterocycles. The zero-order chi connectivity index (χ0) is 20.8. The molecule has 1 N–H and O–H groups in total. The molecule has 2 aromatic rings. The minimum Gasteiger partial charge on any atom is -0.351 e. The standard InChI is InChI=1S/C23H27FN2O2S/c1-16-8-5-6-13-20(16)22(23(28)25-18-10-3-2-4-11-18)26(21(27)15-29)19-12-7-9-17(24)14-19/h5-9,12-14,18,22,29H,2-4,10-11,15H2,1H3,(H,25,28). The number of halogens is 1. The van der Waals surface area contributed by atoms with Gasteiger partial charge in [-0.2, -0.15) is 12.6 Å². The fraction of sp³-hybridized carbons (Fsp3) is 0.391. The zero-order valence-electron chi connectivity index (χ0n) is 16.6. The number of benzene rings is 2. The summed E-state index contributed by atoms with van der Waals surface area (Å²) < 4.78 is 14.0. The average Bonchev–Trinajstić information content (AvgIpc) is 2.73. The lowest BCUT2D eigenvalue weighted by molar-refractivity contribution is -0.126. The highest BCUT2D eigenvalue weighted by atomic mass is 32.1. The molecule has 0 aliphatic heterocycles. The van der Waals surface area contributed by atoms with Crippen LogP contribution in [0.25, 0.3) is 0 Å². The van der Waals surface area contributed by atoms with Crippen LogP contribution in [0.4, 0.5) is 10.1 Å². The number of thiol groups is 1. The number of carbonyl (C=O) groups excluding carboxylic acids is 2. The highest BCUT2D eigenvalue weighted by molar-refractivity contribution is 7.81. The number of hydrogen-bond donors (Lipinski definition) is 2. The summed E-state index contributed by atoms with van der Waals surface area (Å²) in [6.45, 7) is 1.91. The van der Waals surface area contributed by atoms with Crippen LogP contribution in [0, 0.1) is 12.7 Å². The van der Waals surface area contributed by atoms with E-state index in [1.807, 2.05) is 31.2 Å². The monoisotopic (exact) mass is 414 g/mol. The Morgan fingerprint density at radius 1 is 1.14 bits per heavy atom. The van der Waals surface area contributed by atoms with Crippen LogP contribution in [0.5, 0.6) is 0 Å². The number of amides is 2. The molecule has 29 heavy (non-hydrogen) atoms. The third kappa shape index (κ3) is 5.18. The maximum atomic E-state index is 14.0. The number of rotatable bonds is 6. The third-order valence-corrected chi connectivity index (χ3v) is 5.70. The van der Waals surface area contributed by atoms with Gasteiger partial charge in [0.2, 0.25) is 11.8 Å². The summed E-state index contributed by atoms with van der Waals surface area (Å²) in [6, 6.07) is 12.5. The Kier molecular flexibility index (Phi) is 7.31. The van der Waals surface area contributed by atoms with Crippen LogP contribution in [-0.2, 0) is 9.59 Å². The van der Waals surface area contributed by atoms with Gasteiger partial charge >= 0.3 is 0 Å². The number of nitrogens with zero attached hydrogens (tertiary/aromatic N) is 1. The van der Waals surface area contributed by atoms with Gasteiger partial charge in [0, 0.05) is 11.7 Å². The Balaban J connectivity index is 2.04. The van der Waals surface area contributed by atoms with Crippen LogP contribution in [0.2, 0.25) is 0 Å². The maximum absolute atomic E-state index is 14.0. The predicted molar refractivity (Wildman–Crippen MR) is 117 cm³/mol. The van der Waals surface area contributed by atoms with Crippen LogP contribution < -0.4 is 10.2 Å². The Morgan fingerprint density at radius 2 is 1.86 bits per heavy atom. The molecule has 2 amide bonds. The number of nitrogens with one attached hydrogen (secondary N) is 1. The molecule has 2 aromatic carbocycles. The molecule has 1 aliphatic rings. The smallest absolute Gasteiger partial charge is 0.248 e. The van der Waals surface area contributed by atoms with Gasteiger partial charge in [0.1, 0.15) is 11.9 Å². The molecule has 1 fully saturated rings. The summed E-state index contributed by atoms with van der Waals surface area (Å²) in [6.07, 6.45) is 5.23. The molecular formula is C23H27FN2O2S. The predicted octanol–water partition coefficient (Wildman–Crippen LogP) is 4.59. The van der Waals surface area contributed by atoms with Gasteiger partial charge in [-0.05, 0) is 49.1 Å². The average molecular weight is 415 g/mol. The van der Waals surface area contributed by atoms with Crippen molar-refractivity contribution in [2.45, 2.75) is 51.1 Å². The largest absolute Gasteiger partial charge is 0.351 e. The summed E-state index contributed by atoms with van der Waals surface area (Å²) in [5.74, 6) is -1.15. The van der Waals surface area contributed by atoms with E-state index in [9.17, 15) is 14.0 Å². The second kappa shape index (κ2) is 9.92. The van der Waals surface area contributed by atoms with E-state index >= 15 is 0 Å². The van der Waals surface area contributed by atoms with Crippen molar-refractivity contribution in [1.29, 1.82) is 0 Å². The first-order valence-electron chi connectivity index (χ1n) is 10.1. The molecule has 0 saturated heterocycles. The van der Waals surface area contributed by atoms with Crippen LogP contribution >= 0.6 is 12.6 Å². The molecule has 3 rings (SSSR count). The summed E-state index contributed by atoms with van der Waals surface area (Å²) in [7, 11) is 0. The van der Waals surface area contributed by atoms with Crippen molar-refractivity contribution in [1.82, 2.24) is 5.32 Å². The van der Waals surface area contributed by atoms with Gasteiger partial charge in [0.25, 0.3) is 0 Å². The van der Waals surface area contributed by atoms with Crippen molar-refractivity contribution in [3.8, 4) is 0 Å². The first kappa shape index (κ1) is 21.4. The van der Waals surface area contributed by atoms with Crippen molar-refractivity contribution in [2.75, 3.05) is 10.7 Å². The van der Waals surface area contributed by atoms with Gasteiger partial charge in [-0.1, -0.05) is 49.6 Å². The van der Waals surface area contributed by atoms with E-state index in [4.69, 9.17) is 0 Å². The SMILES string of the molecule is Cc1ccccc1C(C(=O)NC1CCCCC1)N(C(=O)CS)c1cccc(F)c1. The molecule has 1 atom stereocenters. The first-order chi connectivity index (χ1) is 14.0. The minimum atomic E-state index is -0.889. The highest BCUT2D eigenvalue weighted by Gasteiger charge is 2.34. The minimum absolute atomic E-state index is 0.0877. The van der Waals surface area contributed by atoms with E-state index in [-0.39, 0.29) is 23.6 Å². The van der Waals surface area contributed by atoms with Gasteiger partial charge in [0.05, 0.1) is 5.75 Å². The lowest BCUT2D eigenvalue weighted by Crippen LogP contribution is -2.48. The Hall–Kier alpha value is -2.34. The van der Waals surface area contributed by atoms with Gasteiger partial charge in [-0.15, -0.1) is 0 Å². The van der Waals surface area contributed by atoms with Gasteiger partial charge < -0.3 is 5.32 Å². The fourth-order valence-electron chi connectivity index (χ4n) is 3.96. The third-order valence-electron chi connectivity index (χ3n) is 5.43. The molecule has 1 saturated carbocycles. The Morgan fingerprint density at radius 3 is 2.52 bits per heavy atom. The number of hydrogen-bond acceptors (Lipinski definition) is 3. The molecule has 1 aliphatic carbocycles. The number of carbonyl (C=O) groups is 2. The fourth-order valence-corrected chi connectivity index (χ4v) is 4.11. The summed E-state index contributed by atoms with van der Waals surface area (Å²) in [5, 5.41) is 3.14. The maximum Gasteiger partial charge on any atom is 0.248 e. The van der Waals surface area contributed by atoms with Crippen molar-refractivity contribution in [2.24, 2.45) is 0 Å². The highest BCUT2D eigenvalue weighted by Crippen LogP contribution is 2.31. The number of aryl methyl sites for hydroxylation is 1. The first-order valence-corrected chi connectivity index (χ1v) is 10.7. The van der Waals surface area contributed by atoms with E-state index in [0.717, 1.165) is 36.8 Å². The zero-order valence-corrected chi connectivity index (χ0v) is 17.5. The second-order valence-corrected chi connectivity index (χ2v) is 7.82. The van der Waals surface area contributed by atoms with Crippen LogP contribution in [0.1, 0.15) is 49.3 Å². The summed E-state index contributed by atoms with van der Waals surface area (Å²) >= 11 is 4.15. The van der Waals surface area contributed by atoms with E-state index in [2.05, 4.69) is 17.9 Å². The van der Waals surface area contributed by atoms with E-state index in [1.165, 1.54) is 29.5 Å². The van der Waals surface area contributed by atoms with E-state index < -0.39 is 11.9 Å². The molecule has 0 radical (unpaired) electrons. The Labute approximate surface area is 176 Å². The molecule has 0 spiro atoms. The van der Waals surface area contributed by atoms with Crippen molar-refractivity contribution < 1.29 is 14.0 Å². The lowest BCUT2D eigenvalue weighted by Gasteiger charge is -2.34. The molecule has 6 heteroatoms. The van der Waals surface area contributed by atoms with Gasteiger partial charge in [-0.25, -0.2) is 4.39 Å². The van der Waals surface area contributed by atoms with E-state index in [0.29, 0.717) is 5.69 Å². The molecular weight excluding hydrogens is 387 g/mol. The van der Waals surface area contributed by atoms with Crippen LogP contribution in [0.15, 0.2) is 48.5 Å². The lowest BCUT2D eigenvalue weighted by atomic mass is 9.94. The van der Waals surface area contributed by atoms with Gasteiger partial charge in [-0.3, -0.25) is 14.5 Å². The normalized spacial score (nSPS) is 15.6. The topological polar surface area (TPSA) is 49.4 Å². The van der Waals surface area contributed by atoms with Crippen LogP contribution in [0.3, 0.4) is 0 Å². The van der Waals surface area contributed by atoms with Crippen molar-refractivity contribution in [3.05, 3.63) is 65.5 Å². The number of anilines is 1. The molecule has 4 nitrogen and oxygen atoms in total. The molecule has 154 valence electrons. The quantitative estimate of drug-likeness (QED) is 0.680. The second-order valence-electron chi connectivity index (χ2n) is 7.50. The summed E-state index contributed by atoms with van der Waals surface area (Å²) in [4.78, 5) is 27.7.